The Bertz CT molecular complexity index is 290. The number of hydroxylamine groups is 1. The average molecular weight is 169 g/mol. The predicted molar refractivity (Wildman–Crippen MR) is 42.1 cm³/mol. The second kappa shape index (κ2) is 3.40. The number of carbonyl (C=O) groups is 1. The predicted octanol–water partition coefficient (Wildman–Crippen LogP) is 1.27. The first-order valence-corrected chi connectivity index (χ1v) is 3.72. The Balaban J connectivity index is 2.99. The van der Waals surface area contributed by atoms with Gasteiger partial charge >= 0.3 is 5.91 Å². The molecule has 0 spiro atoms. The summed E-state index contributed by atoms with van der Waals surface area (Å²) in [5.74, 6) is 0.313. The van der Waals surface area contributed by atoms with Crippen molar-refractivity contribution in [2.75, 3.05) is 0 Å². The van der Waals surface area contributed by atoms with E-state index in [0.29, 0.717) is 0 Å². The Morgan fingerprint density at radius 2 is 2.42 bits per heavy atom. The summed E-state index contributed by atoms with van der Waals surface area (Å²) in [4.78, 5) is 10.9. The molecule has 1 amide bonds. The van der Waals surface area contributed by atoms with Gasteiger partial charge in [-0.3, -0.25) is 10.0 Å². The molecule has 0 saturated heterocycles. The molecular formula is C8H11NO3. The van der Waals surface area contributed by atoms with Crippen LogP contribution in [0.4, 0.5) is 0 Å². The minimum absolute atomic E-state index is 0.175. The van der Waals surface area contributed by atoms with Gasteiger partial charge in [-0.15, -0.1) is 0 Å². The smallest absolute Gasteiger partial charge is 0.310 e. The van der Waals surface area contributed by atoms with Crippen molar-refractivity contribution in [3.8, 4) is 0 Å². The number of aryl methyl sites for hydroxylation is 2. The Labute approximate surface area is 70.1 Å². The van der Waals surface area contributed by atoms with Gasteiger partial charge in [0.1, 0.15) is 5.76 Å². The highest BCUT2D eigenvalue weighted by molar-refractivity contribution is 5.91. The molecule has 0 unspecified atom stereocenters. The zero-order valence-corrected chi connectivity index (χ0v) is 7.05. The number of nitrogens with one attached hydrogen (secondary N) is 1. The van der Waals surface area contributed by atoms with Crippen LogP contribution in [-0.4, -0.2) is 11.1 Å². The summed E-state index contributed by atoms with van der Waals surface area (Å²) in [6.45, 7) is 3.69. The van der Waals surface area contributed by atoms with Gasteiger partial charge in [-0.05, 0) is 13.0 Å². The van der Waals surface area contributed by atoms with Crippen LogP contribution in [0.25, 0.3) is 0 Å². The summed E-state index contributed by atoms with van der Waals surface area (Å²) in [5, 5.41) is 8.34. The average Bonchev–Trinajstić information content (AvgIpc) is 2.45. The molecule has 12 heavy (non-hydrogen) atoms. The summed E-state index contributed by atoms with van der Waals surface area (Å²) in [5.41, 5.74) is 2.26. The van der Waals surface area contributed by atoms with Crippen molar-refractivity contribution in [1.82, 2.24) is 5.48 Å². The van der Waals surface area contributed by atoms with Crippen molar-refractivity contribution >= 4 is 5.91 Å². The molecule has 66 valence electrons. The molecule has 0 aromatic carbocycles. The Morgan fingerprint density at radius 3 is 2.83 bits per heavy atom. The lowest BCUT2D eigenvalue weighted by Gasteiger charge is -1.93. The van der Waals surface area contributed by atoms with Crippen molar-refractivity contribution in [3.63, 3.8) is 0 Å². The van der Waals surface area contributed by atoms with E-state index in [1.54, 1.807) is 13.0 Å². The molecule has 0 aliphatic carbocycles. The maximum Gasteiger partial charge on any atom is 0.310 e. The second-order valence-electron chi connectivity index (χ2n) is 2.52. The van der Waals surface area contributed by atoms with E-state index in [0.717, 1.165) is 17.7 Å². The van der Waals surface area contributed by atoms with Gasteiger partial charge in [-0.1, -0.05) is 6.92 Å². The van der Waals surface area contributed by atoms with E-state index >= 15 is 0 Å². The molecule has 1 aromatic rings. The van der Waals surface area contributed by atoms with E-state index in [1.165, 1.54) is 5.48 Å². The topological polar surface area (TPSA) is 62.5 Å². The van der Waals surface area contributed by atoms with Crippen LogP contribution < -0.4 is 5.48 Å². The number of furan rings is 1. The Kier molecular flexibility index (Phi) is 2.50. The normalized spacial score (nSPS) is 9.92. The summed E-state index contributed by atoms with van der Waals surface area (Å²) < 4.78 is 5.14. The number of amides is 1. The van der Waals surface area contributed by atoms with Gasteiger partial charge in [-0.25, -0.2) is 5.48 Å². The lowest BCUT2D eigenvalue weighted by atomic mass is 10.2. The summed E-state index contributed by atoms with van der Waals surface area (Å²) in [6, 6.07) is 1.78. The van der Waals surface area contributed by atoms with Gasteiger partial charge < -0.3 is 4.42 Å². The lowest BCUT2D eigenvalue weighted by Crippen LogP contribution is -2.18. The summed E-state index contributed by atoms with van der Waals surface area (Å²) >= 11 is 0. The zero-order chi connectivity index (χ0) is 9.14. The molecule has 0 atom stereocenters. The minimum Gasteiger partial charge on any atom is -0.456 e. The van der Waals surface area contributed by atoms with E-state index < -0.39 is 5.91 Å². The molecule has 0 radical (unpaired) electrons. The maximum absolute atomic E-state index is 10.9. The largest absolute Gasteiger partial charge is 0.456 e. The fraction of sp³-hybridized carbons (Fsp3) is 0.375. The van der Waals surface area contributed by atoms with Gasteiger partial charge in [0.15, 0.2) is 5.76 Å². The number of rotatable bonds is 2. The van der Waals surface area contributed by atoms with Crippen molar-refractivity contribution in [1.29, 1.82) is 0 Å². The monoisotopic (exact) mass is 169 g/mol. The molecule has 0 saturated carbocycles. The molecular weight excluding hydrogens is 158 g/mol. The molecule has 0 fully saturated rings. The van der Waals surface area contributed by atoms with E-state index in [4.69, 9.17) is 9.62 Å². The minimum atomic E-state index is -0.604. The number of hydrogen-bond donors (Lipinski definition) is 2. The molecule has 0 bridgehead atoms. The number of hydrogen-bond acceptors (Lipinski definition) is 3. The third-order valence-corrected chi connectivity index (χ3v) is 1.63. The first-order chi connectivity index (χ1) is 5.69. The van der Waals surface area contributed by atoms with Crippen molar-refractivity contribution in [3.05, 3.63) is 23.2 Å². The lowest BCUT2D eigenvalue weighted by molar-refractivity contribution is 0.0673. The second-order valence-corrected chi connectivity index (χ2v) is 2.52. The molecule has 4 heteroatoms. The first kappa shape index (κ1) is 8.80. The van der Waals surface area contributed by atoms with E-state index in [9.17, 15) is 4.79 Å². The molecule has 1 rings (SSSR count). The Morgan fingerprint density at radius 1 is 1.75 bits per heavy atom. The van der Waals surface area contributed by atoms with Gasteiger partial charge in [0.25, 0.3) is 0 Å². The molecule has 1 aromatic heterocycles. The van der Waals surface area contributed by atoms with Crippen LogP contribution in [0, 0.1) is 6.92 Å². The van der Waals surface area contributed by atoms with E-state index in [2.05, 4.69) is 0 Å². The van der Waals surface area contributed by atoms with E-state index in [1.807, 2.05) is 6.92 Å². The van der Waals surface area contributed by atoms with Gasteiger partial charge in [-0.2, -0.15) is 0 Å². The van der Waals surface area contributed by atoms with Crippen molar-refractivity contribution in [2.24, 2.45) is 0 Å². The third kappa shape index (κ3) is 1.48. The maximum atomic E-state index is 10.9. The molecule has 0 aliphatic rings. The SMILES string of the molecule is CCc1cc(C)c(C(=O)NO)o1. The van der Waals surface area contributed by atoms with Gasteiger partial charge in [0.05, 0.1) is 0 Å². The van der Waals surface area contributed by atoms with Gasteiger partial charge in [0, 0.05) is 12.0 Å². The number of carbonyl (C=O) groups excluding carboxylic acids is 1. The highest BCUT2D eigenvalue weighted by atomic mass is 16.5. The molecule has 0 aliphatic heterocycles. The highest BCUT2D eigenvalue weighted by Gasteiger charge is 2.13. The Hall–Kier alpha value is -1.29. The summed E-state index contributed by atoms with van der Waals surface area (Å²) in [6.07, 6.45) is 0.736. The standard InChI is InChI=1S/C8H11NO3/c1-3-6-4-5(2)7(12-6)8(10)9-11/h4,11H,3H2,1-2H3,(H,9,10). The van der Waals surface area contributed by atoms with Crippen LogP contribution >= 0.6 is 0 Å². The molecule has 1 heterocycles. The van der Waals surface area contributed by atoms with E-state index in [-0.39, 0.29) is 5.76 Å². The first-order valence-electron chi connectivity index (χ1n) is 3.72. The van der Waals surface area contributed by atoms with Crippen LogP contribution in [0.15, 0.2) is 10.5 Å². The van der Waals surface area contributed by atoms with Crippen LogP contribution in [0.5, 0.6) is 0 Å². The van der Waals surface area contributed by atoms with Crippen LogP contribution in [-0.2, 0) is 6.42 Å². The highest BCUT2D eigenvalue weighted by Crippen LogP contribution is 2.14. The fourth-order valence-electron chi connectivity index (χ4n) is 0.999. The zero-order valence-electron chi connectivity index (χ0n) is 7.05. The fourth-order valence-corrected chi connectivity index (χ4v) is 0.999. The van der Waals surface area contributed by atoms with Crippen LogP contribution in [0.3, 0.4) is 0 Å². The van der Waals surface area contributed by atoms with Crippen molar-refractivity contribution in [2.45, 2.75) is 20.3 Å². The third-order valence-electron chi connectivity index (χ3n) is 1.63. The van der Waals surface area contributed by atoms with Gasteiger partial charge in [0.2, 0.25) is 0 Å². The van der Waals surface area contributed by atoms with Crippen molar-refractivity contribution < 1.29 is 14.4 Å². The van der Waals surface area contributed by atoms with Crippen LogP contribution in [0.2, 0.25) is 0 Å². The quantitative estimate of drug-likeness (QED) is 0.517. The molecule has 2 N–H and O–H groups in total. The summed E-state index contributed by atoms with van der Waals surface area (Å²) in [7, 11) is 0. The molecule has 4 nitrogen and oxygen atoms in total. The van der Waals surface area contributed by atoms with Crippen LogP contribution in [0.1, 0.15) is 28.8 Å².